The van der Waals surface area contributed by atoms with E-state index in [4.69, 9.17) is 0 Å². The van der Waals surface area contributed by atoms with Gasteiger partial charge < -0.3 is 5.32 Å². The number of fused-ring (bicyclic) bond motifs is 1. The van der Waals surface area contributed by atoms with Gasteiger partial charge in [-0.1, -0.05) is 24.3 Å². The molecule has 15 heavy (non-hydrogen) atoms. The molecule has 0 saturated heterocycles. The second kappa shape index (κ2) is 4.94. The summed E-state index contributed by atoms with van der Waals surface area (Å²) in [5.74, 6) is 0.0739. The largest absolute Gasteiger partial charge is 0.309 e. The molecule has 0 aliphatic carbocycles. The number of nitrogens with one attached hydrogen (secondary N) is 2. The molecule has 0 aromatic heterocycles. The maximum absolute atomic E-state index is 11.3. The summed E-state index contributed by atoms with van der Waals surface area (Å²) in [6.45, 7) is 0.955. The van der Waals surface area contributed by atoms with Crippen LogP contribution in [0.3, 0.4) is 0 Å². The van der Waals surface area contributed by atoms with Gasteiger partial charge in [-0.05, 0) is 24.1 Å². The smallest absolute Gasteiger partial charge is 0.230 e. The van der Waals surface area contributed by atoms with Gasteiger partial charge in [0.1, 0.15) is 0 Å². The molecule has 1 unspecified atom stereocenters. The highest BCUT2D eigenvalue weighted by molar-refractivity contribution is 14.1. The summed E-state index contributed by atoms with van der Waals surface area (Å²) in [5, 5.41) is 3.38. The molecular weight excluding hydrogens is 303 g/mol. The molecule has 0 radical (unpaired) electrons. The number of rotatable bonds is 2. The molecule has 0 spiro atoms. The molecule has 1 aliphatic rings. The zero-order chi connectivity index (χ0) is 10.7. The SMILES string of the molecule is O=C(CC1NCCc2ccccc21)NI. The first-order valence-corrected chi connectivity index (χ1v) is 6.10. The van der Waals surface area contributed by atoms with Gasteiger partial charge in [-0.3, -0.25) is 8.32 Å². The summed E-state index contributed by atoms with van der Waals surface area (Å²) in [4.78, 5) is 11.3. The van der Waals surface area contributed by atoms with Crippen LogP contribution >= 0.6 is 22.9 Å². The summed E-state index contributed by atoms with van der Waals surface area (Å²) in [6.07, 6.45) is 1.57. The van der Waals surface area contributed by atoms with Gasteiger partial charge in [0.25, 0.3) is 0 Å². The third-order valence-corrected chi connectivity index (χ3v) is 3.31. The van der Waals surface area contributed by atoms with E-state index in [0.29, 0.717) is 6.42 Å². The predicted molar refractivity (Wildman–Crippen MR) is 67.7 cm³/mol. The number of benzene rings is 1. The van der Waals surface area contributed by atoms with Crippen molar-refractivity contribution in [3.05, 3.63) is 35.4 Å². The summed E-state index contributed by atoms with van der Waals surface area (Å²) < 4.78 is 2.63. The Balaban J connectivity index is 2.18. The fourth-order valence-electron chi connectivity index (χ4n) is 2.00. The standard InChI is InChI=1S/C11H13IN2O/c12-14-11(15)7-10-9-4-2-1-3-8(9)5-6-13-10/h1-4,10,13H,5-7H2,(H,14,15). The molecular formula is C11H13IN2O. The second-order valence-electron chi connectivity index (χ2n) is 3.68. The lowest BCUT2D eigenvalue weighted by Gasteiger charge is -2.26. The second-order valence-corrected chi connectivity index (χ2v) is 4.22. The fourth-order valence-corrected chi connectivity index (χ4v) is 2.22. The lowest BCUT2D eigenvalue weighted by atomic mass is 9.92. The highest BCUT2D eigenvalue weighted by Gasteiger charge is 2.21. The van der Waals surface area contributed by atoms with Crippen molar-refractivity contribution in [3.8, 4) is 0 Å². The maximum atomic E-state index is 11.3. The Bertz CT molecular complexity index is 367. The van der Waals surface area contributed by atoms with Crippen molar-refractivity contribution < 1.29 is 4.79 Å². The van der Waals surface area contributed by atoms with Crippen molar-refractivity contribution >= 4 is 28.8 Å². The Labute approximate surface area is 103 Å². The molecule has 1 amide bonds. The highest BCUT2D eigenvalue weighted by Crippen LogP contribution is 2.24. The Hall–Kier alpha value is -0.620. The van der Waals surface area contributed by atoms with E-state index in [1.165, 1.54) is 11.1 Å². The van der Waals surface area contributed by atoms with Crippen molar-refractivity contribution in [2.24, 2.45) is 0 Å². The van der Waals surface area contributed by atoms with Gasteiger partial charge >= 0.3 is 0 Å². The average molecular weight is 316 g/mol. The quantitative estimate of drug-likeness (QED) is 0.644. The van der Waals surface area contributed by atoms with Crippen LogP contribution in [-0.2, 0) is 11.2 Å². The molecule has 1 aromatic rings. The summed E-state index contributed by atoms with van der Waals surface area (Å²) >= 11 is 1.88. The van der Waals surface area contributed by atoms with Crippen LogP contribution in [0.25, 0.3) is 0 Å². The van der Waals surface area contributed by atoms with E-state index in [9.17, 15) is 4.79 Å². The molecule has 2 rings (SSSR count). The molecule has 2 N–H and O–H groups in total. The van der Waals surface area contributed by atoms with Crippen LogP contribution in [-0.4, -0.2) is 12.5 Å². The number of carbonyl (C=O) groups excluding carboxylic acids is 1. The molecule has 0 saturated carbocycles. The van der Waals surface area contributed by atoms with E-state index in [1.54, 1.807) is 0 Å². The summed E-state index contributed by atoms with van der Waals surface area (Å²) in [5.41, 5.74) is 2.63. The van der Waals surface area contributed by atoms with Gasteiger partial charge in [-0.15, -0.1) is 0 Å². The molecule has 80 valence electrons. The molecule has 4 heteroatoms. The van der Waals surface area contributed by atoms with Crippen LogP contribution in [0.15, 0.2) is 24.3 Å². The number of amides is 1. The van der Waals surface area contributed by atoms with Crippen LogP contribution < -0.4 is 8.85 Å². The van der Waals surface area contributed by atoms with Crippen LogP contribution in [0.4, 0.5) is 0 Å². The van der Waals surface area contributed by atoms with Gasteiger partial charge in [0, 0.05) is 12.5 Å². The number of carbonyl (C=O) groups is 1. The van der Waals surface area contributed by atoms with Crippen molar-refractivity contribution in [3.63, 3.8) is 0 Å². The van der Waals surface area contributed by atoms with E-state index in [-0.39, 0.29) is 11.9 Å². The van der Waals surface area contributed by atoms with Crippen LogP contribution in [0, 0.1) is 0 Å². The van der Waals surface area contributed by atoms with Crippen molar-refractivity contribution in [2.75, 3.05) is 6.54 Å². The van der Waals surface area contributed by atoms with Crippen LogP contribution in [0.5, 0.6) is 0 Å². The average Bonchev–Trinajstić information content (AvgIpc) is 2.29. The Morgan fingerprint density at radius 2 is 2.33 bits per heavy atom. The van der Waals surface area contributed by atoms with Gasteiger partial charge in [0.15, 0.2) is 0 Å². The molecule has 1 atom stereocenters. The molecule has 1 aromatic carbocycles. The Morgan fingerprint density at radius 3 is 3.13 bits per heavy atom. The van der Waals surface area contributed by atoms with E-state index in [2.05, 4.69) is 27.0 Å². The lowest BCUT2D eigenvalue weighted by molar-refractivity contribution is -0.119. The van der Waals surface area contributed by atoms with E-state index >= 15 is 0 Å². The lowest BCUT2D eigenvalue weighted by Crippen LogP contribution is -2.32. The number of halogens is 1. The minimum Gasteiger partial charge on any atom is -0.309 e. The molecule has 0 bridgehead atoms. The number of hydrogen-bond donors (Lipinski definition) is 2. The van der Waals surface area contributed by atoms with E-state index in [0.717, 1.165) is 13.0 Å². The first kappa shape index (κ1) is 10.9. The van der Waals surface area contributed by atoms with Crippen LogP contribution in [0.1, 0.15) is 23.6 Å². The minimum absolute atomic E-state index is 0.0739. The normalized spacial score (nSPS) is 19.4. The maximum Gasteiger partial charge on any atom is 0.230 e. The third-order valence-electron chi connectivity index (χ3n) is 2.71. The van der Waals surface area contributed by atoms with Crippen molar-refractivity contribution in [1.29, 1.82) is 0 Å². The zero-order valence-corrected chi connectivity index (χ0v) is 10.5. The van der Waals surface area contributed by atoms with Crippen molar-refractivity contribution in [1.82, 2.24) is 8.85 Å². The van der Waals surface area contributed by atoms with Gasteiger partial charge in [0.2, 0.25) is 5.91 Å². The Morgan fingerprint density at radius 1 is 1.53 bits per heavy atom. The van der Waals surface area contributed by atoms with Crippen molar-refractivity contribution in [2.45, 2.75) is 18.9 Å². The van der Waals surface area contributed by atoms with E-state index < -0.39 is 0 Å². The van der Waals surface area contributed by atoms with Gasteiger partial charge in [0.05, 0.1) is 22.9 Å². The van der Waals surface area contributed by atoms with E-state index in [1.807, 2.05) is 28.9 Å². The first-order valence-electron chi connectivity index (χ1n) is 5.02. The predicted octanol–water partition coefficient (Wildman–Crippen LogP) is 1.73. The monoisotopic (exact) mass is 316 g/mol. The third kappa shape index (κ3) is 2.49. The molecule has 0 fully saturated rings. The molecule has 3 nitrogen and oxygen atoms in total. The molecule has 1 aliphatic heterocycles. The summed E-state index contributed by atoms with van der Waals surface area (Å²) in [7, 11) is 0. The topological polar surface area (TPSA) is 41.1 Å². The highest BCUT2D eigenvalue weighted by atomic mass is 127. The summed E-state index contributed by atoms with van der Waals surface area (Å²) in [6, 6.07) is 8.50. The van der Waals surface area contributed by atoms with Gasteiger partial charge in [-0.2, -0.15) is 0 Å². The first-order chi connectivity index (χ1) is 7.31. The Kier molecular flexibility index (Phi) is 3.58. The van der Waals surface area contributed by atoms with Crippen LogP contribution in [0.2, 0.25) is 0 Å². The molecule has 1 heterocycles. The number of hydrogen-bond acceptors (Lipinski definition) is 2. The van der Waals surface area contributed by atoms with Gasteiger partial charge in [-0.25, -0.2) is 0 Å². The zero-order valence-electron chi connectivity index (χ0n) is 8.29. The fraction of sp³-hybridized carbons (Fsp3) is 0.364. The minimum atomic E-state index is 0.0739.